The molecule has 1 saturated heterocycles. The summed E-state index contributed by atoms with van der Waals surface area (Å²) in [6, 6.07) is -5.45. The third kappa shape index (κ3) is 12.7. The Labute approximate surface area is 293 Å². The lowest BCUT2D eigenvalue weighted by atomic mass is 9.81. The maximum absolute atomic E-state index is 14.2. The summed E-state index contributed by atoms with van der Waals surface area (Å²) in [4.78, 5) is 82.3. The molecule has 16 heteroatoms. The van der Waals surface area contributed by atoms with Crippen LogP contribution in [0.3, 0.4) is 0 Å². The number of carbonyl (C=O) groups excluding carboxylic acids is 6. The average molecular weight is 717 g/mol. The molecule has 1 aliphatic heterocycles. The quantitative estimate of drug-likeness (QED) is 0.141. The van der Waals surface area contributed by atoms with Crippen LogP contribution < -0.4 is 27.0 Å². The molecule has 2 fully saturated rings. The van der Waals surface area contributed by atoms with Crippen molar-refractivity contribution in [3.8, 4) is 0 Å². The molecule has 0 aromatic rings. The highest BCUT2D eigenvalue weighted by Crippen LogP contribution is 2.37. The number of nitrogens with zero attached hydrogens (tertiary/aromatic N) is 1. The fourth-order valence-corrected chi connectivity index (χ4v) is 6.38. The van der Waals surface area contributed by atoms with Crippen molar-refractivity contribution in [1.29, 1.82) is 0 Å². The lowest BCUT2D eigenvalue weighted by Crippen LogP contribution is -2.62. The molecule has 0 aromatic heterocycles. The predicted octanol–water partition coefficient (Wildman–Crippen LogP) is 1.13. The van der Waals surface area contributed by atoms with Crippen LogP contribution >= 0.6 is 0 Å². The molecular weight excluding hydrogens is 658 g/mol. The summed E-state index contributed by atoms with van der Waals surface area (Å²) in [5.41, 5.74) is 5.81. The van der Waals surface area contributed by atoms with Crippen LogP contribution in [0.1, 0.15) is 98.8 Å². The molecular formula is C34H58F2N6O8. The summed E-state index contributed by atoms with van der Waals surface area (Å²) in [5, 5.41) is 20.2. The van der Waals surface area contributed by atoms with Crippen LogP contribution in [0.4, 0.5) is 8.78 Å². The van der Waals surface area contributed by atoms with E-state index in [1.54, 1.807) is 6.92 Å². The van der Waals surface area contributed by atoms with E-state index in [2.05, 4.69) is 21.3 Å². The van der Waals surface area contributed by atoms with Gasteiger partial charge in [0.25, 0.3) is 0 Å². The fourth-order valence-electron chi connectivity index (χ4n) is 6.38. The highest BCUT2D eigenvalue weighted by molar-refractivity contribution is 5.96. The molecule has 0 spiro atoms. The van der Waals surface area contributed by atoms with Crippen LogP contribution in [-0.2, 0) is 33.5 Å². The van der Waals surface area contributed by atoms with Gasteiger partial charge in [0.1, 0.15) is 36.8 Å². The monoisotopic (exact) mass is 716 g/mol. The number of nitrogens with two attached hydrogens (primary N) is 1. The number of ether oxygens (including phenoxy) is 1. The third-order valence-electron chi connectivity index (χ3n) is 9.54. The van der Waals surface area contributed by atoms with Gasteiger partial charge in [-0.2, -0.15) is 0 Å². The van der Waals surface area contributed by atoms with Gasteiger partial charge in [-0.25, -0.2) is 8.78 Å². The lowest BCUT2D eigenvalue weighted by molar-refractivity contribution is -0.158. The molecule has 0 bridgehead atoms. The van der Waals surface area contributed by atoms with Gasteiger partial charge in [0.15, 0.2) is 0 Å². The van der Waals surface area contributed by atoms with E-state index in [0.717, 1.165) is 19.3 Å². The fraction of sp³-hybridized carbons (Fsp3) is 0.824. The van der Waals surface area contributed by atoms with E-state index < -0.39 is 116 Å². The molecule has 1 heterocycles. The van der Waals surface area contributed by atoms with Crippen molar-refractivity contribution >= 4 is 35.5 Å². The minimum absolute atomic E-state index is 0.0861. The molecule has 286 valence electrons. The minimum atomic E-state index is -2.93. The van der Waals surface area contributed by atoms with E-state index in [0.29, 0.717) is 12.8 Å². The molecule has 0 radical (unpaired) electrons. The van der Waals surface area contributed by atoms with E-state index in [-0.39, 0.29) is 25.2 Å². The van der Waals surface area contributed by atoms with E-state index >= 15 is 0 Å². The number of hydrogen-bond acceptors (Lipinski definition) is 9. The smallest absolute Gasteiger partial charge is 0.325 e. The molecule has 1 aliphatic carbocycles. The number of aliphatic hydroxyl groups is 1. The number of aliphatic hydroxyl groups excluding tert-OH is 1. The number of hydrogen-bond donors (Lipinski definition) is 6. The SMILES string of the molecule is CCCCCC[C@H]1OC(=O)CNC(=O)[C@H](C(C)O)NC(=O)[C@H](CN)NC(=O)[C@H](C2CCC(F)(F)CC2)NC(=O)[C@H](CC(C)C)N(C)C(=O)[C@@H]1C. The van der Waals surface area contributed by atoms with Gasteiger partial charge in [-0.05, 0) is 50.9 Å². The number of alkyl halides is 2. The highest BCUT2D eigenvalue weighted by Gasteiger charge is 2.43. The second-order valence-corrected chi connectivity index (χ2v) is 14.2. The van der Waals surface area contributed by atoms with Gasteiger partial charge < -0.3 is 41.7 Å². The lowest BCUT2D eigenvalue weighted by Gasteiger charge is -2.37. The first-order valence-electron chi connectivity index (χ1n) is 17.8. The molecule has 50 heavy (non-hydrogen) atoms. The summed E-state index contributed by atoms with van der Waals surface area (Å²) in [6.45, 7) is 7.50. The van der Waals surface area contributed by atoms with Crippen LogP contribution in [0, 0.1) is 17.8 Å². The van der Waals surface area contributed by atoms with Crippen molar-refractivity contribution in [3.63, 3.8) is 0 Å². The number of esters is 1. The standard InChI is InChI=1S/C34H58F2N6O8/c1-7-8-9-10-11-25-20(4)33(49)42(6)24(16-19(2)3)30(46)41-28(22-12-14-34(35,36)15-13-22)32(48)39-23(17-37)29(45)40-27(21(5)43)31(47)38-18-26(44)50-25/h19-25,27-28,43H,7-18,37H2,1-6H3,(H,38,47)(H,39,48)(H,40,45)(H,41,46)/t20-,21?,23+,24+,25-,27+,28+/m1/s1. The molecule has 0 aromatic carbocycles. The Morgan fingerprint density at radius 2 is 1.58 bits per heavy atom. The summed E-state index contributed by atoms with van der Waals surface area (Å²) >= 11 is 0. The second kappa shape index (κ2) is 19.8. The van der Waals surface area contributed by atoms with E-state index in [1.807, 2.05) is 20.8 Å². The maximum Gasteiger partial charge on any atom is 0.325 e. The topological polar surface area (TPSA) is 209 Å². The number of unbranched alkanes of at least 4 members (excludes halogenated alkanes) is 3. The molecule has 1 unspecified atom stereocenters. The van der Waals surface area contributed by atoms with E-state index in [4.69, 9.17) is 10.5 Å². The first-order valence-corrected chi connectivity index (χ1v) is 17.8. The van der Waals surface area contributed by atoms with Crippen molar-refractivity contribution in [2.75, 3.05) is 20.1 Å². The Balaban J connectivity index is 2.58. The van der Waals surface area contributed by atoms with Gasteiger partial charge in [0.05, 0.1) is 12.0 Å². The Bertz CT molecular complexity index is 1180. The van der Waals surface area contributed by atoms with Gasteiger partial charge in [0.2, 0.25) is 35.5 Å². The highest BCUT2D eigenvalue weighted by atomic mass is 19.3. The van der Waals surface area contributed by atoms with Gasteiger partial charge in [-0.1, -0.05) is 47.0 Å². The molecule has 14 nitrogen and oxygen atoms in total. The van der Waals surface area contributed by atoms with Crippen LogP contribution in [0.15, 0.2) is 0 Å². The predicted molar refractivity (Wildman–Crippen MR) is 180 cm³/mol. The Kier molecular flexibility index (Phi) is 17.0. The third-order valence-corrected chi connectivity index (χ3v) is 9.54. The van der Waals surface area contributed by atoms with Crippen LogP contribution in [0.25, 0.3) is 0 Å². The normalized spacial score (nSPS) is 29.1. The molecule has 7 atom stereocenters. The minimum Gasteiger partial charge on any atom is -0.460 e. The van der Waals surface area contributed by atoms with Crippen molar-refractivity contribution < 1.29 is 47.4 Å². The first kappa shape index (κ1) is 42.8. The summed E-state index contributed by atoms with van der Waals surface area (Å²) in [5.74, 6) is -9.39. The molecule has 5 amide bonds. The number of amides is 5. The van der Waals surface area contributed by atoms with Crippen LogP contribution in [-0.4, -0.2) is 108 Å². The number of halogens is 2. The molecule has 7 N–H and O–H groups in total. The Morgan fingerprint density at radius 3 is 2.14 bits per heavy atom. The molecule has 2 rings (SSSR count). The zero-order chi connectivity index (χ0) is 37.8. The second-order valence-electron chi connectivity index (χ2n) is 14.2. The number of carbonyl (C=O) groups is 6. The average Bonchev–Trinajstić information content (AvgIpc) is 3.05. The first-order chi connectivity index (χ1) is 23.4. The Hall–Kier alpha value is -3.40. The zero-order valence-corrected chi connectivity index (χ0v) is 30.3. The number of likely N-dealkylation sites (N-methyl/N-ethyl adjacent to an activating group) is 1. The summed E-state index contributed by atoms with van der Waals surface area (Å²) in [7, 11) is 1.45. The van der Waals surface area contributed by atoms with E-state index in [1.165, 1.54) is 18.9 Å². The van der Waals surface area contributed by atoms with Gasteiger partial charge in [-0.3, -0.25) is 28.8 Å². The molecule has 2 aliphatic rings. The number of cyclic esters (lactones) is 1. The molecule has 1 saturated carbocycles. The zero-order valence-electron chi connectivity index (χ0n) is 30.3. The Morgan fingerprint density at radius 1 is 0.940 bits per heavy atom. The van der Waals surface area contributed by atoms with Crippen molar-refractivity contribution in [1.82, 2.24) is 26.2 Å². The maximum atomic E-state index is 14.2. The van der Waals surface area contributed by atoms with Gasteiger partial charge in [0, 0.05) is 26.4 Å². The van der Waals surface area contributed by atoms with Crippen molar-refractivity contribution in [3.05, 3.63) is 0 Å². The van der Waals surface area contributed by atoms with Crippen LogP contribution in [0.5, 0.6) is 0 Å². The van der Waals surface area contributed by atoms with Crippen molar-refractivity contribution in [2.45, 2.75) is 141 Å². The summed E-state index contributed by atoms with van der Waals surface area (Å²) in [6.07, 6.45) is 0.333. The van der Waals surface area contributed by atoms with E-state index in [9.17, 15) is 42.7 Å². The number of nitrogens with one attached hydrogen (secondary N) is 4. The van der Waals surface area contributed by atoms with Gasteiger partial charge >= 0.3 is 5.97 Å². The largest absolute Gasteiger partial charge is 0.460 e. The number of rotatable bonds is 10. The van der Waals surface area contributed by atoms with Gasteiger partial charge in [-0.15, -0.1) is 0 Å². The van der Waals surface area contributed by atoms with Crippen LogP contribution in [0.2, 0.25) is 0 Å². The summed E-state index contributed by atoms with van der Waals surface area (Å²) < 4.78 is 34.0. The van der Waals surface area contributed by atoms with Crippen molar-refractivity contribution in [2.24, 2.45) is 23.5 Å².